The molecule has 1 aliphatic rings. The average molecular weight is 602 g/mol. The molecular weight excluding hydrogens is 580 g/mol. The van der Waals surface area contributed by atoms with E-state index in [0.717, 1.165) is 9.37 Å². The van der Waals surface area contributed by atoms with Gasteiger partial charge in [0, 0.05) is 10.5 Å². The van der Waals surface area contributed by atoms with Crippen LogP contribution < -0.4 is 29.2 Å². The summed E-state index contributed by atoms with van der Waals surface area (Å²) in [6, 6.07) is 16.0. The molecule has 0 spiro atoms. The predicted octanol–water partition coefficient (Wildman–Crippen LogP) is 5.24. The Hall–Kier alpha value is -4.02. The molecule has 1 aliphatic heterocycles. The van der Waals surface area contributed by atoms with Crippen LogP contribution in [0, 0.1) is 0 Å². The minimum absolute atomic E-state index is 0.166. The molecule has 0 aromatic heterocycles. The Balaban J connectivity index is 1.51. The molecule has 1 heterocycles. The number of halogens is 2. The lowest BCUT2D eigenvalue weighted by atomic mass is 10.1. The lowest BCUT2D eigenvalue weighted by Gasteiger charge is -2.26. The molecule has 0 bridgehead atoms. The smallest absolute Gasteiger partial charge is 0.335 e. The highest BCUT2D eigenvalue weighted by Gasteiger charge is 2.36. The zero-order valence-electron chi connectivity index (χ0n) is 20.3. The Morgan fingerprint density at radius 2 is 1.63 bits per heavy atom. The Morgan fingerprint density at radius 3 is 2.34 bits per heavy atom. The third kappa shape index (κ3) is 6.09. The molecule has 0 saturated carbocycles. The Morgan fingerprint density at radius 1 is 0.921 bits per heavy atom. The van der Waals surface area contributed by atoms with Crippen LogP contribution in [-0.4, -0.2) is 45.3 Å². The van der Waals surface area contributed by atoms with Crippen molar-refractivity contribution in [3.8, 4) is 23.0 Å². The van der Waals surface area contributed by atoms with Crippen molar-refractivity contribution in [3.05, 3.63) is 81.3 Å². The van der Waals surface area contributed by atoms with Crippen molar-refractivity contribution in [2.24, 2.45) is 0 Å². The molecule has 9 nitrogen and oxygen atoms in total. The fraction of sp³-hybridized carbons (Fsp3) is 0.148. The second kappa shape index (κ2) is 12.0. The number of hydrogen-bond donors (Lipinski definition) is 1. The first kappa shape index (κ1) is 27.0. The first-order valence-electron chi connectivity index (χ1n) is 11.2. The van der Waals surface area contributed by atoms with E-state index in [-0.39, 0.29) is 35.3 Å². The van der Waals surface area contributed by atoms with Crippen molar-refractivity contribution in [1.82, 2.24) is 5.32 Å². The Labute approximate surface area is 232 Å². The van der Waals surface area contributed by atoms with E-state index < -0.39 is 17.8 Å². The molecule has 196 valence electrons. The molecule has 38 heavy (non-hydrogen) atoms. The minimum atomic E-state index is -0.838. The van der Waals surface area contributed by atoms with E-state index in [4.69, 9.17) is 30.5 Å². The van der Waals surface area contributed by atoms with Crippen LogP contribution in [0.4, 0.5) is 10.5 Å². The highest BCUT2D eigenvalue weighted by molar-refractivity contribution is 9.10. The number of carbonyl (C=O) groups excluding carboxylic acids is 3. The van der Waals surface area contributed by atoms with Crippen LogP contribution in [0.3, 0.4) is 0 Å². The Kier molecular flexibility index (Phi) is 8.55. The summed E-state index contributed by atoms with van der Waals surface area (Å²) in [6.07, 6.45) is 1.33. The summed E-state index contributed by atoms with van der Waals surface area (Å²) in [5, 5.41) is 2.39. The second-order valence-corrected chi connectivity index (χ2v) is 9.17. The molecule has 11 heteroatoms. The van der Waals surface area contributed by atoms with Crippen LogP contribution in [0.2, 0.25) is 5.02 Å². The molecular formula is C27H22BrClN2O7. The van der Waals surface area contributed by atoms with E-state index in [1.165, 1.54) is 19.3 Å². The van der Waals surface area contributed by atoms with Gasteiger partial charge in [-0.15, -0.1) is 0 Å². The number of benzene rings is 3. The van der Waals surface area contributed by atoms with Gasteiger partial charge in [0.05, 0.1) is 24.9 Å². The summed E-state index contributed by atoms with van der Waals surface area (Å²) in [7, 11) is 3.01. The standard InChI is InChI=1S/C27H22BrClN2O7/c1-35-19-4-3-5-20(15-19)37-10-11-38-24-22(29)13-16(14-23(24)36-2)12-21-25(32)30-27(34)31(26(21)33)18-8-6-17(28)7-9-18/h3-9,12-15H,10-11H2,1-2H3,(H,30,32,34)/b21-12-. The number of urea groups is 1. The van der Waals surface area contributed by atoms with Crippen LogP contribution in [-0.2, 0) is 9.59 Å². The highest BCUT2D eigenvalue weighted by Crippen LogP contribution is 2.37. The van der Waals surface area contributed by atoms with Crippen LogP contribution >= 0.6 is 27.5 Å². The maximum atomic E-state index is 13.1. The molecule has 0 aliphatic carbocycles. The van der Waals surface area contributed by atoms with Gasteiger partial charge in [-0.3, -0.25) is 14.9 Å². The van der Waals surface area contributed by atoms with Gasteiger partial charge in [0.25, 0.3) is 11.8 Å². The summed E-state index contributed by atoms with van der Waals surface area (Å²) >= 11 is 9.77. The molecule has 3 aromatic rings. The molecule has 0 unspecified atom stereocenters. The average Bonchev–Trinajstić information content (AvgIpc) is 2.90. The number of imide groups is 2. The van der Waals surface area contributed by atoms with Gasteiger partial charge in [-0.05, 0) is 60.2 Å². The third-order valence-electron chi connectivity index (χ3n) is 5.39. The van der Waals surface area contributed by atoms with Crippen molar-refractivity contribution >= 4 is 57.1 Å². The normalized spacial score (nSPS) is 14.4. The van der Waals surface area contributed by atoms with Gasteiger partial charge in [-0.25, -0.2) is 9.69 Å². The van der Waals surface area contributed by atoms with E-state index in [1.807, 2.05) is 12.1 Å². The Bertz CT molecular complexity index is 1410. The number of nitrogens with zero attached hydrogens (tertiary/aromatic N) is 1. The summed E-state index contributed by atoms with van der Waals surface area (Å²) in [5.41, 5.74) is 0.464. The van der Waals surface area contributed by atoms with E-state index in [2.05, 4.69) is 21.2 Å². The van der Waals surface area contributed by atoms with E-state index in [9.17, 15) is 14.4 Å². The molecule has 1 fully saturated rings. The number of amides is 4. The fourth-order valence-electron chi connectivity index (χ4n) is 3.61. The summed E-state index contributed by atoms with van der Waals surface area (Å²) < 4.78 is 22.8. The van der Waals surface area contributed by atoms with E-state index in [0.29, 0.717) is 22.7 Å². The quantitative estimate of drug-likeness (QED) is 0.203. The molecule has 0 atom stereocenters. The zero-order valence-corrected chi connectivity index (χ0v) is 22.7. The van der Waals surface area contributed by atoms with Crippen LogP contribution in [0.15, 0.2) is 70.7 Å². The molecule has 4 rings (SSSR count). The second-order valence-electron chi connectivity index (χ2n) is 7.84. The summed E-state index contributed by atoms with van der Waals surface area (Å²) in [5.74, 6) is 0.267. The van der Waals surface area contributed by atoms with Gasteiger partial charge >= 0.3 is 6.03 Å². The van der Waals surface area contributed by atoms with Crippen molar-refractivity contribution < 1.29 is 33.3 Å². The monoisotopic (exact) mass is 600 g/mol. The SMILES string of the molecule is COc1cccc(OCCOc2c(Cl)cc(/C=C3/C(=O)NC(=O)N(c4ccc(Br)cc4)C3=O)cc2OC)c1. The minimum Gasteiger partial charge on any atom is -0.497 e. The summed E-state index contributed by atoms with van der Waals surface area (Å²) in [6.45, 7) is 0.395. The first-order chi connectivity index (χ1) is 18.3. The van der Waals surface area contributed by atoms with Crippen molar-refractivity contribution in [1.29, 1.82) is 0 Å². The zero-order chi connectivity index (χ0) is 27.2. The highest BCUT2D eigenvalue weighted by atomic mass is 79.9. The lowest BCUT2D eigenvalue weighted by molar-refractivity contribution is -0.122. The van der Waals surface area contributed by atoms with Gasteiger partial charge < -0.3 is 18.9 Å². The molecule has 1 saturated heterocycles. The fourth-order valence-corrected chi connectivity index (χ4v) is 4.14. The van der Waals surface area contributed by atoms with Crippen LogP contribution in [0.1, 0.15) is 5.56 Å². The summed E-state index contributed by atoms with van der Waals surface area (Å²) in [4.78, 5) is 38.9. The largest absolute Gasteiger partial charge is 0.497 e. The van der Waals surface area contributed by atoms with Gasteiger partial charge in [-0.2, -0.15) is 0 Å². The molecule has 3 aromatic carbocycles. The number of hydrogen-bond acceptors (Lipinski definition) is 7. The lowest BCUT2D eigenvalue weighted by Crippen LogP contribution is -2.54. The van der Waals surface area contributed by atoms with E-state index in [1.54, 1.807) is 49.6 Å². The number of nitrogens with one attached hydrogen (secondary N) is 1. The van der Waals surface area contributed by atoms with Gasteiger partial charge in [0.15, 0.2) is 11.5 Å². The number of rotatable bonds is 9. The van der Waals surface area contributed by atoms with Gasteiger partial charge in [-0.1, -0.05) is 33.6 Å². The number of methoxy groups -OCH3 is 2. The number of anilines is 1. The van der Waals surface area contributed by atoms with Crippen molar-refractivity contribution in [3.63, 3.8) is 0 Å². The predicted molar refractivity (Wildman–Crippen MR) is 145 cm³/mol. The molecule has 4 amide bonds. The maximum absolute atomic E-state index is 13.1. The first-order valence-corrected chi connectivity index (χ1v) is 12.4. The van der Waals surface area contributed by atoms with Gasteiger partial charge in [0.2, 0.25) is 0 Å². The maximum Gasteiger partial charge on any atom is 0.335 e. The van der Waals surface area contributed by atoms with Crippen LogP contribution in [0.25, 0.3) is 6.08 Å². The van der Waals surface area contributed by atoms with E-state index >= 15 is 0 Å². The topological polar surface area (TPSA) is 103 Å². The van der Waals surface area contributed by atoms with Crippen molar-refractivity contribution in [2.75, 3.05) is 32.3 Å². The van der Waals surface area contributed by atoms with Gasteiger partial charge in [0.1, 0.15) is 30.3 Å². The van der Waals surface area contributed by atoms with Crippen LogP contribution in [0.5, 0.6) is 23.0 Å². The third-order valence-corrected chi connectivity index (χ3v) is 6.20. The number of barbiturate groups is 1. The number of ether oxygens (including phenoxy) is 4. The van der Waals surface area contributed by atoms with Crippen molar-refractivity contribution in [2.45, 2.75) is 0 Å². The number of carbonyl (C=O) groups is 3. The molecule has 1 N–H and O–H groups in total. The molecule has 0 radical (unpaired) electrons.